The summed E-state index contributed by atoms with van der Waals surface area (Å²) in [6.45, 7) is 3.77. The van der Waals surface area contributed by atoms with Crippen LogP contribution in [0.15, 0.2) is 30.3 Å². The van der Waals surface area contributed by atoms with Crippen LogP contribution in [0.4, 0.5) is 0 Å². The van der Waals surface area contributed by atoms with Gasteiger partial charge in [0.15, 0.2) is 0 Å². The second-order valence-corrected chi connectivity index (χ2v) is 4.19. The smallest absolute Gasteiger partial charge is 0.0480 e. The van der Waals surface area contributed by atoms with E-state index in [4.69, 9.17) is 10.5 Å². The van der Waals surface area contributed by atoms with Gasteiger partial charge < -0.3 is 10.5 Å². The number of benzene rings is 1. The van der Waals surface area contributed by atoms with Crippen molar-refractivity contribution >= 4 is 0 Å². The van der Waals surface area contributed by atoms with Crippen molar-refractivity contribution in [2.75, 3.05) is 13.2 Å². The summed E-state index contributed by atoms with van der Waals surface area (Å²) in [5, 5.41) is 0. The lowest BCUT2D eigenvalue weighted by molar-refractivity contribution is 0.127. The summed E-state index contributed by atoms with van der Waals surface area (Å²) in [6.07, 6.45) is 4.15. The Hall–Kier alpha value is -0.860. The van der Waals surface area contributed by atoms with Crippen molar-refractivity contribution in [1.29, 1.82) is 0 Å². The highest BCUT2D eigenvalue weighted by Crippen LogP contribution is 2.05. The largest absolute Gasteiger partial charge is 0.381 e. The van der Waals surface area contributed by atoms with Crippen molar-refractivity contribution in [2.24, 2.45) is 5.73 Å². The van der Waals surface area contributed by atoms with Crippen LogP contribution in [-0.4, -0.2) is 19.3 Å². The number of aryl methyl sites for hydroxylation is 1. The second-order valence-electron chi connectivity index (χ2n) is 4.19. The molecule has 16 heavy (non-hydrogen) atoms. The maximum Gasteiger partial charge on any atom is 0.0480 e. The molecule has 2 N–H and O–H groups in total. The SMILES string of the molecule is CCCOCCC(N)CCc1ccccc1. The summed E-state index contributed by atoms with van der Waals surface area (Å²) in [5.41, 5.74) is 7.39. The maximum absolute atomic E-state index is 6.02. The van der Waals surface area contributed by atoms with Gasteiger partial charge in [-0.3, -0.25) is 0 Å². The van der Waals surface area contributed by atoms with E-state index in [1.54, 1.807) is 0 Å². The lowest BCUT2D eigenvalue weighted by Gasteiger charge is -2.11. The third-order valence-electron chi connectivity index (χ3n) is 2.63. The van der Waals surface area contributed by atoms with Crippen molar-refractivity contribution in [2.45, 2.75) is 38.6 Å². The van der Waals surface area contributed by atoms with Crippen molar-refractivity contribution in [3.05, 3.63) is 35.9 Å². The first-order valence-electron chi connectivity index (χ1n) is 6.20. The van der Waals surface area contributed by atoms with E-state index in [1.165, 1.54) is 5.56 Å². The Morgan fingerprint density at radius 3 is 2.56 bits per heavy atom. The zero-order chi connectivity index (χ0) is 11.6. The molecule has 0 fully saturated rings. The molecule has 2 nitrogen and oxygen atoms in total. The summed E-state index contributed by atoms with van der Waals surface area (Å²) >= 11 is 0. The van der Waals surface area contributed by atoms with Crippen LogP contribution >= 0.6 is 0 Å². The Morgan fingerprint density at radius 1 is 1.12 bits per heavy atom. The maximum atomic E-state index is 6.02. The van der Waals surface area contributed by atoms with Gasteiger partial charge in [0.1, 0.15) is 0 Å². The van der Waals surface area contributed by atoms with Gasteiger partial charge in [0, 0.05) is 19.3 Å². The molecule has 0 bridgehead atoms. The molecule has 0 spiro atoms. The summed E-state index contributed by atoms with van der Waals surface area (Å²) in [7, 11) is 0. The van der Waals surface area contributed by atoms with Crippen LogP contribution in [0.2, 0.25) is 0 Å². The average molecular weight is 221 g/mol. The molecule has 1 aromatic rings. The lowest BCUT2D eigenvalue weighted by atomic mass is 10.0. The summed E-state index contributed by atoms with van der Waals surface area (Å²) in [5.74, 6) is 0. The number of hydrogen-bond donors (Lipinski definition) is 1. The third kappa shape index (κ3) is 5.89. The Balaban J connectivity index is 2.08. The molecule has 0 aliphatic carbocycles. The molecule has 1 unspecified atom stereocenters. The Bertz CT molecular complexity index is 261. The standard InChI is InChI=1S/C14H23NO/c1-2-11-16-12-10-14(15)9-8-13-6-4-3-5-7-13/h3-7,14H,2,8-12,15H2,1H3. The molecule has 0 aliphatic heterocycles. The summed E-state index contributed by atoms with van der Waals surface area (Å²) in [6, 6.07) is 10.8. The molecular formula is C14H23NO. The molecule has 0 radical (unpaired) electrons. The number of ether oxygens (including phenoxy) is 1. The minimum atomic E-state index is 0.261. The van der Waals surface area contributed by atoms with Crippen LogP contribution in [0, 0.1) is 0 Å². The topological polar surface area (TPSA) is 35.2 Å². The average Bonchev–Trinajstić information content (AvgIpc) is 2.33. The predicted molar refractivity (Wildman–Crippen MR) is 68.5 cm³/mol. The summed E-state index contributed by atoms with van der Waals surface area (Å²) < 4.78 is 5.43. The fraction of sp³-hybridized carbons (Fsp3) is 0.571. The van der Waals surface area contributed by atoms with E-state index in [-0.39, 0.29) is 6.04 Å². The highest BCUT2D eigenvalue weighted by molar-refractivity contribution is 5.14. The van der Waals surface area contributed by atoms with Crippen molar-refractivity contribution in [3.63, 3.8) is 0 Å². The number of rotatable bonds is 8. The first kappa shape index (κ1) is 13.2. The van der Waals surface area contributed by atoms with Crippen LogP contribution in [0.5, 0.6) is 0 Å². The molecule has 1 aromatic carbocycles. The van der Waals surface area contributed by atoms with E-state index in [0.29, 0.717) is 0 Å². The van der Waals surface area contributed by atoms with Crippen LogP contribution in [0.1, 0.15) is 31.7 Å². The molecule has 0 aromatic heterocycles. The zero-order valence-electron chi connectivity index (χ0n) is 10.2. The molecule has 0 saturated heterocycles. The summed E-state index contributed by atoms with van der Waals surface area (Å²) in [4.78, 5) is 0. The molecule has 0 heterocycles. The van der Waals surface area contributed by atoms with Crippen LogP contribution < -0.4 is 5.73 Å². The molecule has 90 valence electrons. The van der Waals surface area contributed by atoms with E-state index in [1.807, 2.05) is 6.07 Å². The second kappa shape index (κ2) is 8.31. The van der Waals surface area contributed by atoms with Crippen molar-refractivity contribution in [1.82, 2.24) is 0 Å². The third-order valence-corrected chi connectivity index (χ3v) is 2.63. The first-order valence-corrected chi connectivity index (χ1v) is 6.20. The first-order chi connectivity index (χ1) is 7.83. The minimum absolute atomic E-state index is 0.261. The van der Waals surface area contributed by atoms with Gasteiger partial charge in [-0.15, -0.1) is 0 Å². The lowest BCUT2D eigenvalue weighted by Crippen LogP contribution is -2.22. The number of nitrogens with two attached hydrogens (primary N) is 1. The van der Waals surface area contributed by atoms with E-state index >= 15 is 0 Å². The van der Waals surface area contributed by atoms with Gasteiger partial charge in [-0.1, -0.05) is 37.3 Å². The van der Waals surface area contributed by atoms with E-state index < -0.39 is 0 Å². The van der Waals surface area contributed by atoms with Gasteiger partial charge in [-0.2, -0.15) is 0 Å². The monoisotopic (exact) mass is 221 g/mol. The van der Waals surface area contributed by atoms with Crippen molar-refractivity contribution < 1.29 is 4.74 Å². The Morgan fingerprint density at radius 2 is 1.88 bits per heavy atom. The quantitative estimate of drug-likeness (QED) is 0.685. The minimum Gasteiger partial charge on any atom is -0.381 e. The van der Waals surface area contributed by atoms with Gasteiger partial charge in [0.05, 0.1) is 0 Å². The van der Waals surface area contributed by atoms with Gasteiger partial charge >= 0.3 is 0 Å². The molecule has 0 saturated carbocycles. The number of hydrogen-bond acceptors (Lipinski definition) is 2. The zero-order valence-corrected chi connectivity index (χ0v) is 10.2. The van der Waals surface area contributed by atoms with Gasteiger partial charge in [-0.05, 0) is 31.2 Å². The van der Waals surface area contributed by atoms with E-state index in [9.17, 15) is 0 Å². The molecule has 0 aliphatic rings. The van der Waals surface area contributed by atoms with Gasteiger partial charge in [0.25, 0.3) is 0 Å². The molecule has 0 amide bonds. The van der Waals surface area contributed by atoms with Crippen LogP contribution in [0.3, 0.4) is 0 Å². The van der Waals surface area contributed by atoms with Gasteiger partial charge in [-0.25, -0.2) is 0 Å². The Kier molecular flexibility index (Phi) is 6.86. The molecule has 1 atom stereocenters. The van der Waals surface area contributed by atoms with E-state index in [2.05, 4.69) is 31.2 Å². The van der Waals surface area contributed by atoms with E-state index in [0.717, 1.165) is 38.9 Å². The van der Waals surface area contributed by atoms with Crippen molar-refractivity contribution in [3.8, 4) is 0 Å². The van der Waals surface area contributed by atoms with Gasteiger partial charge in [0.2, 0.25) is 0 Å². The molecular weight excluding hydrogens is 198 g/mol. The molecule has 1 rings (SSSR count). The normalized spacial score (nSPS) is 12.6. The molecule has 2 heteroatoms. The van der Waals surface area contributed by atoms with Crippen LogP contribution in [-0.2, 0) is 11.2 Å². The fourth-order valence-corrected chi connectivity index (χ4v) is 1.62. The fourth-order valence-electron chi connectivity index (χ4n) is 1.62. The highest BCUT2D eigenvalue weighted by atomic mass is 16.5. The Labute approximate surface area is 98.8 Å². The van der Waals surface area contributed by atoms with Crippen LogP contribution in [0.25, 0.3) is 0 Å². The highest BCUT2D eigenvalue weighted by Gasteiger charge is 2.02. The predicted octanol–water partition coefficient (Wildman–Crippen LogP) is 2.76.